The van der Waals surface area contributed by atoms with Gasteiger partial charge in [-0.1, -0.05) is 11.6 Å². The summed E-state index contributed by atoms with van der Waals surface area (Å²) in [6.45, 7) is 2.85. The Hall–Kier alpha value is -3.84. The van der Waals surface area contributed by atoms with Gasteiger partial charge >= 0.3 is 0 Å². The molecule has 3 aromatic heterocycles. The predicted octanol–water partition coefficient (Wildman–Crippen LogP) is 4.64. The lowest BCUT2D eigenvalue weighted by molar-refractivity contribution is 0.278. The first-order chi connectivity index (χ1) is 15.2. The molecule has 0 aliphatic carbocycles. The molecule has 5 rings (SSSR count). The Morgan fingerprint density at radius 2 is 1.94 bits per heavy atom. The average molecular weight is 412 g/mol. The number of aliphatic hydroxyl groups is 1. The number of H-pyrrole nitrogens is 2. The molecule has 2 aromatic carbocycles. The van der Waals surface area contributed by atoms with Gasteiger partial charge in [0.2, 0.25) is 5.95 Å². The fourth-order valence-electron chi connectivity index (χ4n) is 3.83. The quantitative estimate of drug-likeness (QED) is 0.268. The van der Waals surface area contributed by atoms with Crippen LogP contribution in [0.4, 0.5) is 17.5 Å². The Bertz CT molecular complexity index is 1350. The molecule has 0 spiro atoms. The Balaban J connectivity index is 1.25. The molecule has 0 fully saturated rings. The van der Waals surface area contributed by atoms with E-state index >= 15 is 0 Å². The highest BCUT2D eigenvalue weighted by atomic mass is 16.3. The standard InChI is InChI=1S/C24H24N6O/c1-15-2-4-22-20(10-15)16(13-27-22)6-8-25-24-26-9-7-23(30-24)29-18-3-5-21-17(11-18)12-19(14-31)28-21/h2-5,7,9-13,27-28,31H,6,8,14H2,1H3,(H2,25,26,29,30). The third kappa shape index (κ3) is 4.08. The number of aliphatic hydroxyl groups excluding tert-OH is 1. The van der Waals surface area contributed by atoms with Gasteiger partial charge in [0.15, 0.2) is 0 Å². The van der Waals surface area contributed by atoms with Crippen LogP contribution in [0.1, 0.15) is 16.8 Å². The van der Waals surface area contributed by atoms with E-state index in [1.54, 1.807) is 6.20 Å². The van der Waals surface area contributed by atoms with Gasteiger partial charge in [-0.2, -0.15) is 4.98 Å². The van der Waals surface area contributed by atoms with Crippen molar-refractivity contribution in [3.8, 4) is 0 Å². The molecule has 3 heterocycles. The number of nitrogens with one attached hydrogen (secondary N) is 4. The minimum atomic E-state index is -0.00343. The zero-order valence-electron chi connectivity index (χ0n) is 17.2. The van der Waals surface area contributed by atoms with Crippen LogP contribution >= 0.6 is 0 Å². The van der Waals surface area contributed by atoms with Crippen molar-refractivity contribution in [2.24, 2.45) is 0 Å². The number of hydrogen-bond donors (Lipinski definition) is 5. The summed E-state index contributed by atoms with van der Waals surface area (Å²) in [5, 5.41) is 18.2. The Morgan fingerprint density at radius 1 is 1.03 bits per heavy atom. The lowest BCUT2D eigenvalue weighted by Gasteiger charge is -2.08. The topological polar surface area (TPSA) is 102 Å². The largest absolute Gasteiger partial charge is 0.390 e. The number of fused-ring (bicyclic) bond motifs is 2. The molecule has 156 valence electrons. The van der Waals surface area contributed by atoms with E-state index in [9.17, 15) is 5.11 Å². The molecule has 7 heteroatoms. The number of anilines is 3. The van der Waals surface area contributed by atoms with Gasteiger partial charge in [0.1, 0.15) is 5.82 Å². The van der Waals surface area contributed by atoms with Gasteiger partial charge in [0.25, 0.3) is 0 Å². The summed E-state index contributed by atoms with van der Waals surface area (Å²) in [6, 6.07) is 16.2. The number of nitrogens with zero attached hydrogens (tertiary/aromatic N) is 2. The molecular weight excluding hydrogens is 388 g/mol. The fraction of sp³-hybridized carbons (Fsp3) is 0.167. The molecule has 0 amide bonds. The third-order valence-electron chi connectivity index (χ3n) is 5.38. The SMILES string of the molecule is Cc1ccc2[nH]cc(CCNc3nccc(Nc4ccc5[nH]c(CO)cc5c4)n3)c2c1. The maximum atomic E-state index is 9.30. The molecular formula is C24H24N6O. The van der Waals surface area contributed by atoms with E-state index in [2.05, 4.69) is 61.9 Å². The van der Waals surface area contributed by atoms with Crippen molar-refractivity contribution in [3.05, 3.63) is 77.7 Å². The number of aryl methyl sites for hydroxylation is 1. The van der Waals surface area contributed by atoms with Crippen LogP contribution in [-0.2, 0) is 13.0 Å². The van der Waals surface area contributed by atoms with Gasteiger partial charge in [-0.05, 0) is 61.4 Å². The molecule has 0 aliphatic heterocycles. The highest BCUT2D eigenvalue weighted by Crippen LogP contribution is 2.23. The molecule has 5 aromatic rings. The molecule has 31 heavy (non-hydrogen) atoms. The molecule has 0 saturated carbocycles. The van der Waals surface area contributed by atoms with Gasteiger partial charge in [-0.15, -0.1) is 0 Å². The number of aromatic amines is 2. The molecule has 0 unspecified atom stereocenters. The molecule has 0 bridgehead atoms. The monoisotopic (exact) mass is 412 g/mol. The Labute approximate surface area is 179 Å². The number of rotatable bonds is 7. The van der Waals surface area contributed by atoms with Crippen LogP contribution in [0.3, 0.4) is 0 Å². The normalized spacial score (nSPS) is 11.3. The third-order valence-corrected chi connectivity index (χ3v) is 5.38. The van der Waals surface area contributed by atoms with E-state index in [0.29, 0.717) is 5.95 Å². The van der Waals surface area contributed by atoms with E-state index in [4.69, 9.17) is 0 Å². The van der Waals surface area contributed by atoms with Gasteiger partial charge < -0.3 is 25.7 Å². The lowest BCUT2D eigenvalue weighted by atomic mass is 10.1. The van der Waals surface area contributed by atoms with Crippen molar-refractivity contribution in [1.29, 1.82) is 0 Å². The second-order valence-electron chi connectivity index (χ2n) is 7.68. The van der Waals surface area contributed by atoms with Crippen molar-refractivity contribution in [2.75, 3.05) is 17.2 Å². The van der Waals surface area contributed by atoms with Crippen LogP contribution in [0.5, 0.6) is 0 Å². The molecule has 7 nitrogen and oxygen atoms in total. The number of hydrogen-bond acceptors (Lipinski definition) is 5. The molecule has 0 atom stereocenters. The highest BCUT2D eigenvalue weighted by Gasteiger charge is 2.06. The van der Waals surface area contributed by atoms with Gasteiger partial charge in [-0.3, -0.25) is 0 Å². The van der Waals surface area contributed by atoms with E-state index < -0.39 is 0 Å². The predicted molar refractivity (Wildman–Crippen MR) is 125 cm³/mol. The van der Waals surface area contributed by atoms with Crippen molar-refractivity contribution < 1.29 is 5.11 Å². The second-order valence-corrected chi connectivity index (χ2v) is 7.68. The first kappa shape index (κ1) is 19.1. The first-order valence-electron chi connectivity index (χ1n) is 10.3. The van der Waals surface area contributed by atoms with Crippen LogP contribution in [0.2, 0.25) is 0 Å². The minimum Gasteiger partial charge on any atom is -0.390 e. The summed E-state index contributed by atoms with van der Waals surface area (Å²) < 4.78 is 0. The minimum absolute atomic E-state index is 0.00343. The maximum absolute atomic E-state index is 9.30. The van der Waals surface area contributed by atoms with Gasteiger partial charge in [0, 0.05) is 52.1 Å². The summed E-state index contributed by atoms with van der Waals surface area (Å²) in [6.07, 6.45) is 4.69. The van der Waals surface area contributed by atoms with E-state index in [1.165, 1.54) is 16.5 Å². The van der Waals surface area contributed by atoms with Crippen LogP contribution in [0.15, 0.2) is 60.9 Å². The van der Waals surface area contributed by atoms with Crippen LogP contribution < -0.4 is 10.6 Å². The van der Waals surface area contributed by atoms with Crippen molar-refractivity contribution in [2.45, 2.75) is 20.0 Å². The molecule has 5 N–H and O–H groups in total. The van der Waals surface area contributed by atoms with E-state index in [1.807, 2.05) is 30.3 Å². The average Bonchev–Trinajstić information content (AvgIpc) is 3.37. The fourth-order valence-corrected chi connectivity index (χ4v) is 3.83. The summed E-state index contributed by atoms with van der Waals surface area (Å²) in [5.41, 5.74) is 6.41. The van der Waals surface area contributed by atoms with Gasteiger partial charge in [-0.25, -0.2) is 4.98 Å². The van der Waals surface area contributed by atoms with Crippen molar-refractivity contribution in [1.82, 2.24) is 19.9 Å². The van der Waals surface area contributed by atoms with Crippen molar-refractivity contribution in [3.63, 3.8) is 0 Å². The summed E-state index contributed by atoms with van der Waals surface area (Å²) in [7, 11) is 0. The van der Waals surface area contributed by atoms with Gasteiger partial charge in [0.05, 0.1) is 6.61 Å². The zero-order chi connectivity index (χ0) is 21.2. The first-order valence-corrected chi connectivity index (χ1v) is 10.3. The lowest BCUT2D eigenvalue weighted by Crippen LogP contribution is -2.08. The molecule has 0 saturated heterocycles. The molecule has 0 aliphatic rings. The number of aromatic nitrogens is 4. The number of benzene rings is 2. The summed E-state index contributed by atoms with van der Waals surface area (Å²) in [4.78, 5) is 15.4. The summed E-state index contributed by atoms with van der Waals surface area (Å²) in [5.74, 6) is 1.31. The summed E-state index contributed by atoms with van der Waals surface area (Å²) >= 11 is 0. The van der Waals surface area contributed by atoms with E-state index in [0.717, 1.165) is 46.6 Å². The van der Waals surface area contributed by atoms with Crippen LogP contribution in [-0.4, -0.2) is 31.6 Å². The Kier molecular flexibility index (Phi) is 5.01. The smallest absolute Gasteiger partial charge is 0.224 e. The van der Waals surface area contributed by atoms with Crippen molar-refractivity contribution >= 4 is 39.3 Å². The maximum Gasteiger partial charge on any atom is 0.224 e. The van der Waals surface area contributed by atoms with E-state index in [-0.39, 0.29) is 6.61 Å². The molecule has 0 radical (unpaired) electrons. The highest BCUT2D eigenvalue weighted by molar-refractivity contribution is 5.85. The Morgan fingerprint density at radius 3 is 2.84 bits per heavy atom. The van der Waals surface area contributed by atoms with Crippen LogP contribution in [0, 0.1) is 6.92 Å². The zero-order valence-corrected chi connectivity index (χ0v) is 17.2. The van der Waals surface area contributed by atoms with Crippen LogP contribution in [0.25, 0.3) is 21.8 Å². The second kappa shape index (κ2) is 8.12.